The Bertz CT molecular complexity index is 1860. The van der Waals surface area contributed by atoms with Gasteiger partial charge >= 0.3 is 12.4 Å². The number of nitrogens with one attached hydrogen (secondary N) is 2. The minimum Gasteiger partial charge on any atom is -0.406 e. The average molecular weight is 785 g/mol. The summed E-state index contributed by atoms with van der Waals surface area (Å²) >= 11 is 0. The first kappa shape index (κ1) is 41.9. The molecule has 0 bridgehead atoms. The Labute approximate surface area is 309 Å². The molecule has 2 aliphatic rings. The van der Waals surface area contributed by atoms with Crippen molar-refractivity contribution >= 4 is 33.6 Å². The van der Waals surface area contributed by atoms with Crippen molar-refractivity contribution in [3.63, 3.8) is 0 Å². The van der Waals surface area contributed by atoms with Gasteiger partial charge < -0.3 is 29.9 Å². The standard InChI is InChI=1S/C33H35F5N6O7S.C2H6/c1-2-32(34,35)23-5-3-22(4-6-23)20-40-29(45)28-21-43(13-14-44(28)52(48,49)26-9-7-25(8-10-26)51-33(36,37)38)31(47)41-24-11-12-39-27(19-24)30(46)42-15-17-50-18-16-42;1-2/h3-12,19,28H,2,13-18,20-21H2,1H3,(H,40,45)(H,39,41,47);1-2H3/t28-;/m1./s1. The second-order valence-corrected chi connectivity index (χ2v) is 13.7. The largest absolute Gasteiger partial charge is 0.573 e. The van der Waals surface area contributed by atoms with Crippen LogP contribution in [-0.2, 0) is 32.0 Å². The molecule has 1 atom stereocenters. The molecule has 4 amide bonds. The van der Waals surface area contributed by atoms with E-state index in [-0.39, 0.29) is 42.5 Å². The fourth-order valence-electron chi connectivity index (χ4n) is 5.53. The number of nitrogens with zero attached hydrogens (tertiary/aromatic N) is 4. The quantitative estimate of drug-likeness (QED) is 0.267. The molecule has 0 aliphatic carbocycles. The molecule has 3 aromatic rings. The second kappa shape index (κ2) is 18.0. The summed E-state index contributed by atoms with van der Waals surface area (Å²) in [4.78, 5) is 46.4. The lowest BCUT2D eigenvalue weighted by molar-refractivity contribution is -0.274. The van der Waals surface area contributed by atoms with E-state index in [4.69, 9.17) is 4.74 Å². The van der Waals surface area contributed by atoms with Gasteiger partial charge in [-0.1, -0.05) is 45.0 Å². The van der Waals surface area contributed by atoms with Gasteiger partial charge in [0.05, 0.1) is 18.1 Å². The summed E-state index contributed by atoms with van der Waals surface area (Å²) in [6.07, 6.45) is -4.08. The number of halogens is 5. The van der Waals surface area contributed by atoms with Gasteiger partial charge in [-0.15, -0.1) is 13.2 Å². The minimum atomic E-state index is -5.01. The summed E-state index contributed by atoms with van der Waals surface area (Å²) in [7, 11) is -4.52. The topological polar surface area (TPSA) is 150 Å². The third kappa shape index (κ3) is 10.6. The highest BCUT2D eigenvalue weighted by molar-refractivity contribution is 7.89. The van der Waals surface area contributed by atoms with Gasteiger partial charge in [0.25, 0.3) is 11.8 Å². The van der Waals surface area contributed by atoms with Crippen molar-refractivity contribution in [2.24, 2.45) is 0 Å². The predicted molar refractivity (Wildman–Crippen MR) is 186 cm³/mol. The van der Waals surface area contributed by atoms with Gasteiger partial charge in [-0.2, -0.15) is 4.31 Å². The number of sulfonamides is 1. The van der Waals surface area contributed by atoms with Gasteiger partial charge in [0, 0.05) is 63.1 Å². The van der Waals surface area contributed by atoms with E-state index >= 15 is 0 Å². The summed E-state index contributed by atoms with van der Waals surface area (Å²) in [6.45, 7) is 5.65. The molecule has 1 aromatic heterocycles. The number of benzene rings is 2. The van der Waals surface area contributed by atoms with Crippen LogP contribution < -0.4 is 15.4 Å². The zero-order valence-corrected chi connectivity index (χ0v) is 30.6. The van der Waals surface area contributed by atoms with Crippen LogP contribution in [0.25, 0.3) is 0 Å². The summed E-state index contributed by atoms with van der Waals surface area (Å²) in [5.74, 6) is -4.89. The first-order valence-corrected chi connectivity index (χ1v) is 18.5. The number of morpholine rings is 1. The molecule has 0 saturated carbocycles. The van der Waals surface area contributed by atoms with Crippen LogP contribution in [-0.4, -0.2) is 104 Å². The Balaban J connectivity index is 0.00000319. The number of alkyl halides is 5. The Morgan fingerprint density at radius 1 is 0.907 bits per heavy atom. The molecule has 3 heterocycles. The van der Waals surface area contributed by atoms with Gasteiger partial charge in [-0.05, 0) is 42.0 Å². The van der Waals surface area contributed by atoms with E-state index in [9.17, 15) is 44.8 Å². The van der Waals surface area contributed by atoms with E-state index in [0.717, 1.165) is 28.6 Å². The molecule has 2 aliphatic heterocycles. The molecule has 294 valence electrons. The monoisotopic (exact) mass is 784 g/mol. The number of carbonyl (C=O) groups is 3. The fraction of sp³-hybridized carbons (Fsp3) is 0.429. The molecule has 5 rings (SSSR count). The summed E-state index contributed by atoms with van der Waals surface area (Å²) in [5.41, 5.74) is 0.510. The molecule has 54 heavy (non-hydrogen) atoms. The van der Waals surface area contributed by atoms with Crippen molar-refractivity contribution in [2.45, 2.75) is 57.0 Å². The van der Waals surface area contributed by atoms with Crippen LogP contribution in [0.2, 0.25) is 0 Å². The molecule has 0 radical (unpaired) electrons. The third-order valence-electron chi connectivity index (χ3n) is 8.40. The number of piperazine rings is 1. The Morgan fingerprint density at radius 2 is 1.56 bits per heavy atom. The minimum absolute atomic E-state index is 0.0750. The van der Waals surface area contributed by atoms with Crippen molar-refractivity contribution in [1.82, 2.24) is 24.4 Å². The van der Waals surface area contributed by atoms with Crippen molar-refractivity contribution in [3.05, 3.63) is 83.7 Å². The van der Waals surface area contributed by atoms with Crippen LogP contribution in [0, 0.1) is 0 Å². The van der Waals surface area contributed by atoms with Crippen molar-refractivity contribution in [2.75, 3.05) is 51.3 Å². The number of rotatable bonds is 10. The van der Waals surface area contributed by atoms with E-state index in [2.05, 4.69) is 20.4 Å². The molecule has 2 fully saturated rings. The Kier molecular flexibility index (Phi) is 13.9. The maximum Gasteiger partial charge on any atom is 0.573 e. The first-order valence-electron chi connectivity index (χ1n) is 17.1. The molecule has 0 unspecified atom stereocenters. The van der Waals surface area contributed by atoms with Gasteiger partial charge in [0.2, 0.25) is 15.9 Å². The number of urea groups is 1. The van der Waals surface area contributed by atoms with E-state index in [1.165, 1.54) is 54.4 Å². The highest BCUT2D eigenvalue weighted by Gasteiger charge is 2.42. The summed E-state index contributed by atoms with van der Waals surface area (Å²) < 4.78 is 104. The number of anilines is 1. The molecular weight excluding hydrogens is 743 g/mol. The molecule has 2 saturated heterocycles. The maximum atomic E-state index is 14.1. The number of hydrogen-bond acceptors (Lipinski definition) is 8. The lowest BCUT2D eigenvalue weighted by Gasteiger charge is -2.39. The Hall–Kier alpha value is -4.88. The third-order valence-corrected chi connectivity index (χ3v) is 10.3. The fourth-order valence-corrected chi connectivity index (χ4v) is 7.10. The lowest BCUT2D eigenvalue weighted by Crippen LogP contribution is -2.61. The lowest BCUT2D eigenvalue weighted by atomic mass is 10.0. The van der Waals surface area contributed by atoms with E-state index in [1.807, 2.05) is 13.8 Å². The predicted octanol–water partition coefficient (Wildman–Crippen LogP) is 5.20. The van der Waals surface area contributed by atoms with Gasteiger partial charge in [0.1, 0.15) is 17.5 Å². The van der Waals surface area contributed by atoms with Crippen LogP contribution in [0.3, 0.4) is 0 Å². The molecule has 19 heteroatoms. The zero-order valence-electron chi connectivity index (χ0n) is 29.7. The van der Waals surface area contributed by atoms with E-state index in [1.54, 1.807) is 4.90 Å². The van der Waals surface area contributed by atoms with Crippen LogP contribution >= 0.6 is 0 Å². The average Bonchev–Trinajstić information content (AvgIpc) is 3.17. The maximum absolute atomic E-state index is 14.1. The number of pyridine rings is 1. The number of amides is 4. The SMILES string of the molecule is CC.CCC(F)(F)c1ccc(CNC(=O)[C@H]2CN(C(=O)Nc3ccnc(C(=O)N4CCOCC4)c3)CCN2S(=O)(=O)c2ccc(OC(F)(F)F)cc2)cc1. The van der Waals surface area contributed by atoms with Crippen LogP contribution in [0.5, 0.6) is 5.75 Å². The van der Waals surface area contributed by atoms with Crippen molar-refractivity contribution in [1.29, 1.82) is 0 Å². The smallest absolute Gasteiger partial charge is 0.406 e. The number of ether oxygens (including phenoxy) is 2. The molecular formula is C35H41F5N6O7S. The molecule has 2 N–H and O–H groups in total. The summed E-state index contributed by atoms with van der Waals surface area (Å²) in [6, 6.07) is 9.27. The summed E-state index contributed by atoms with van der Waals surface area (Å²) in [5, 5.41) is 5.24. The normalized spacial score (nSPS) is 16.9. The van der Waals surface area contributed by atoms with Crippen molar-refractivity contribution in [3.8, 4) is 5.75 Å². The van der Waals surface area contributed by atoms with Crippen LogP contribution in [0.15, 0.2) is 71.8 Å². The van der Waals surface area contributed by atoms with Crippen molar-refractivity contribution < 1.29 is 54.2 Å². The molecule has 0 spiro atoms. The second-order valence-electron chi connectivity index (χ2n) is 11.8. The first-order chi connectivity index (χ1) is 25.6. The Morgan fingerprint density at radius 3 is 2.17 bits per heavy atom. The molecule has 13 nitrogen and oxygen atoms in total. The van der Waals surface area contributed by atoms with Crippen LogP contribution in [0.4, 0.5) is 32.4 Å². The van der Waals surface area contributed by atoms with Crippen LogP contribution in [0.1, 0.15) is 48.8 Å². The highest BCUT2D eigenvalue weighted by atomic mass is 32.2. The van der Waals surface area contributed by atoms with E-state index in [0.29, 0.717) is 31.9 Å². The van der Waals surface area contributed by atoms with Gasteiger partial charge in [0.15, 0.2) is 0 Å². The van der Waals surface area contributed by atoms with Gasteiger partial charge in [-0.25, -0.2) is 22.0 Å². The zero-order chi connectivity index (χ0) is 39.7. The number of carbonyl (C=O) groups excluding carboxylic acids is 3. The molecule has 2 aromatic carbocycles. The highest BCUT2D eigenvalue weighted by Crippen LogP contribution is 2.31. The van der Waals surface area contributed by atoms with Gasteiger partial charge in [-0.3, -0.25) is 14.6 Å². The number of hydrogen-bond donors (Lipinski definition) is 2. The van der Waals surface area contributed by atoms with E-state index < -0.39 is 63.9 Å². The number of aromatic nitrogens is 1.